The summed E-state index contributed by atoms with van der Waals surface area (Å²) >= 11 is 1.41. The summed E-state index contributed by atoms with van der Waals surface area (Å²) < 4.78 is 29.3. The van der Waals surface area contributed by atoms with Gasteiger partial charge in [-0.2, -0.15) is 4.31 Å². The van der Waals surface area contributed by atoms with Crippen LogP contribution in [0.4, 0.5) is 0 Å². The van der Waals surface area contributed by atoms with Crippen LogP contribution >= 0.6 is 11.8 Å². The third-order valence-electron chi connectivity index (χ3n) is 4.96. The zero-order chi connectivity index (χ0) is 22.3. The number of carbonyl (C=O) groups excluding carboxylic acids is 1. The van der Waals surface area contributed by atoms with Gasteiger partial charge >= 0.3 is 0 Å². The number of aromatic nitrogens is 2. The van der Waals surface area contributed by atoms with Gasteiger partial charge in [-0.05, 0) is 38.0 Å². The third-order valence-corrected chi connectivity index (χ3v) is 8.10. The van der Waals surface area contributed by atoms with Gasteiger partial charge in [-0.15, -0.1) is 0 Å². The second-order valence-electron chi connectivity index (χ2n) is 7.19. The summed E-state index contributed by atoms with van der Waals surface area (Å²) in [6.45, 7) is 12.0. The molecule has 0 aliphatic heterocycles. The zero-order valence-electron chi connectivity index (χ0n) is 18.6. The maximum atomic E-state index is 12.9. The van der Waals surface area contributed by atoms with Crippen molar-refractivity contribution >= 4 is 38.7 Å². The number of rotatable bonds is 12. The molecule has 1 unspecified atom stereocenters. The van der Waals surface area contributed by atoms with Gasteiger partial charge in [0.2, 0.25) is 15.9 Å². The molecule has 1 N–H and O–H groups in total. The molecule has 0 aliphatic carbocycles. The van der Waals surface area contributed by atoms with E-state index in [1.54, 1.807) is 12.1 Å². The van der Waals surface area contributed by atoms with E-state index in [0.717, 1.165) is 36.5 Å². The van der Waals surface area contributed by atoms with E-state index in [1.165, 1.54) is 16.1 Å². The third kappa shape index (κ3) is 5.56. The summed E-state index contributed by atoms with van der Waals surface area (Å²) in [5.74, 6) is -0.0132. The first-order chi connectivity index (χ1) is 14.3. The highest BCUT2D eigenvalue weighted by Gasteiger charge is 2.24. The van der Waals surface area contributed by atoms with Crippen molar-refractivity contribution in [2.75, 3.05) is 19.6 Å². The lowest BCUT2D eigenvalue weighted by Crippen LogP contribution is -2.31. The topological polar surface area (TPSA) is 84.3 Å². The summed E-state index contributed by atoms with van der Waals surface area (Å²) in [5, 5.41) is 3.38. The minimum absolute atomic E-state index is 0.0132. The van der Waals surface area contributed by atoms with E-state index in [4.69, 9.17) is 4.98 Å². The van der Waals surface area contributed by atoms with E-state index >= 15 is 0 Å². The number of hydrogen-bond donors (Lipinski definition) is 1. The summed E-state index contributed by atoms with van der Waals surface area (Å²) in [6.07, 6.45) is 2.90. The molecule has 7 nitrogen and oxygen atoms in total. The largest absolute Gasteiger partial charge is 0.355 e. The average molecular weight is 455 g/mol. The Morgan fingerprint density at radius 2 is 1.90 bits per heavy atom. The molecule has 30 heavy (non-hydrogen) atoms. The molecule has 9 heteroatoms. The van der Waals surface area contributed by atoms with Gasteiger partial charge in [-0.3, -0.25) is 4.79 Å². The second kappa shape index (κ2) is 11.2. The van der Waals surface area contributed by atoms with Crippen LogP contribution in [0.25, 0.3) is 11.0 Å². The Morgan fingerprint density at radius 1 is 1.20 bits per heavy atom. The van der Waals surface area contributed by atoms with Crippen molar-refractivity contribution in [3.05, 3.63) is 18.2 Å². The number of unbranched alkanes of at least 4 members (excludes halogenated alkanes) is 1. The van der Waals surface area contributed by atoms with Crippen molar-refractivity contribution in [2.45, 2.75) is 75.7 Å². The number of thioether (sulfide) groups is 1. The molecule has 0 spiro atoms. The normalized spacial score (nSPS) is 13.1. The predicted octanol–water partition coefficient (Wildman–Crippen LogP) is 3.87. The Hall–Kier alpha value is -1.58. The minimum atomic E-state index is -3.55. The van der Waals surface area contributed by atoms with Crippen molar-refractivity contribution < 1.29 is 13.2 Å². The number of fused-ring (bicyclic) bond motifs is 1. The molecule has 1 amide bonds. The first-order valence-electron chi connectivity index (χ1n) is 10.7. The van der Waals surface area contributed by atoms with Crippen molar-refractivity contribution in [1.29, 1.82) is 0 Å². The van der Waals surface area contributed by atoms with Crippen LogP contribution in [-0.4, -0.2) is 53.1 Å². The molecule has 1 atom stereocenters. The van der Waals surface area contributed by atoms with Gasteiger partial charge in [-0.25, -0.2) is 13.4 Å². The number of benzene rings is 1. The molecule has 1 aromatic heterocycles. The summed E-state index contributed by atoms with van der Waals surface area (Å²) in [5.41, 5.74) is 1.54. The van der Waals surface area contributed by atoms with Crippen LogP contribution in [0.3, 0.4) is 0 Å². The van der Waals surface area contributed by atoms with Gasteiger partial charge in [-0.1, -0.05) is 45.9 Å². The maximum Gasteiger partial charge on any atom is 0.243 e. The minimum Gasteiger partial charge on any atom is -0.355 e. The molecular weight excluding hydrogens is 420 g/mol. The molecule has 2 rings (SSSR count). The highest BCUT2D eigenvalue weighted by atomic mass is 32.2. The Morgan fingerprint density at radius 3 is 2.50 bits per heavy atom. The van der Waals surface area contributed by atoms with E-state index in [-0.39, 0.29) is 16.1 Å². The van der Waals surface area contributed by atoms with Crippen LogP contribution < -0.4 is 5.32 Å². The number of sulfonamides is 1. The Balaban J connectivity index is 2.43. The highest BCUT2D eigenvalue weighted by molar-refractivity contribution is 8.00. The molecule has 0 saturated carbocycles. The molecule has 1 heterocycles. The second-order valence-corrected chi connectivity index (χ2v) is 10.4. The van der Waals surface area contributed by atoms with Crippen molar-refractivity contribution in [1.82, 2.24) is 19.2 Å². The van der Waals surface area contributed by atoms with E-state index in [2.05, 4.69) is 16.8 Å². The van der Waals surface area contributed by atoms with Crippen LogP contribution in [0.5, 0.6) is 0 Å². The quantitative estimate of drug-likeness (QED) is 0.492. The molecule has 1 aromatic carbocycles. The average Bonchev–Trinajstić information content (AvgIpc) is 3.07. The molecule has 0 bridgehead atoms. The molecule has 0 fully saturated rings. The lowest BCUT2D eigenvalue weighted by Gasteiger charge is -2.18. The molecule has 168 valence electrons. The van der Waals surface area contributed by atoms with Crippen LogP contribution in [0.1, 0.15) is 53.9 Å². The Labute approximate surface area is 184 Å². The predicted molar refractivity (Wildman–Crippen MR) is 123 cm³/mol. The van der Waals surface area contributed by atoms with E-state index in [9.17, 15) is 13.2 Å². The van der Waals surface area contributed by atoms with Gasteiger partial charge < -0.3 is 9.88 Å². The molecule has 0 aliphatic rings. The Kier molecular flexibility index (Phi) is 9.18. The summed E-state index contributed by atoms with van der Waals surface area (Å²) in [6, 6.07) is 5.14. The fraction of sp³-hybridized carbons (Fsp3) is 0.619. The van der Waals surface area contributed by atoms with Gasteiger partial charge in [0.05, 0.1) is 21.2 Å². The fourth-order valence-corrected chi connectivity index (χ4v) is 5.64. The number of nitrogens with one attached hydrogen (secondary N) is 1. The lowest BCUT2D eigenvalue weighted by atomic mass is 10.3. The summed E-state index contributed by atoms with van der Waals surface area (Å²) in [7, 11) is -3.55. The van der Waals surface area contributed by atoms with Gasteiger partial charge in [0.25, 0.3) is 0 Å². The molecule has 0 radical (unpaired) electrons. The number of imidazole rings is 1. The van der Waals surface area contributed by atoms with E-state index < -0.39 is 10.0 Å². The Bertz CT molecular complexity index is 953. The molecular formula is C21H34N4O3S2. The molecule has 2 aromatic rings. The monoisotopic (exact) mass is 454 g/mol. The zero-order valence-corrected chi connectivity index (χ0v) is 20.3. The standard InChI is InChI=1S/C21H34N4O3S2/c1-6-10-14-25-19-12-11-17(30(27,28)24(8-3)9-4)15-18(19)23-21(25)29-16(5)20(26)22-13-7-2/h11-12,15-16H,6-10,13-14H2,1-5H3,(H,22,26). The van der Waals surface area contributed by atoms with Crippen LogP contribution in [0, 0.1) is 0 Å². The maximum absolute atomic E-state index is 12.9. The molecule has 0 saturated heterocycles. The number of nitrogens with zero attached hydrogens (tertiary/aromatic N) is 3. The SMILES string of the molecule is CCCCn1c(SC(C)C(=O)NCCC)nc2cc(S(=O)(=O)N(CC)CC)ccc21. The first kappa shape index (κ1) is 24.7. The van der Waals surface area contributed by atoms with Crippen LogP contribution in [0.2, 0.25) is 0 Å². The van der Waals surface area contributed by atoms with E-state index in [0.29, 0.717) is 25.2 Å². The van der Waals surface area contributed by atoms with Crippen molar-refractivity contribution in [3.8, 4) is 0 Å². The van der Waals surface area contributed by atoms with Gasteiger partial charge in [0.1, 0.15) is 0 Å². The first-order valence-corrected chi connectivity index (χ1v) is 13.1. The number of carbonyl (C=O) groups is 1. The number of amides is 1. The van der Waals surface area contributed by atoms with Gasteiger partial charge in [0, 0.05) is 26.2 Å². The van der Waals surface area contributed by atoms with Crippen molar-refractivity contribution in [3.63, 3.8) is 0 Å². The van der Waals surface area contributed by atoms with Gasteiger partial charge in [0.15, 0.2) is 5.16 Å². The van der Waals surface area contributed by atoms with Crippen molar-refractivity contribution in [2.24, 2.45) is 0 Å². The smallest absolute Gasteiger partial charge is 0.243 e. The van der Waals surface area contributed by atoms with Crippen LogP contribution in [-0.2, 0) is 21.4 Å². The number of aryl methyl sites for hydroxylation is 1. The summed E-state index contributed by atoms with van der Waals surface area (Å²) in [4.78, 5) is 17.3. The van der Waals surface area contributed by atoms with E-state index in [1.807, 2.05) is 33.8 Å². The highest BCUT2D eigenvalue weighted by Crippen LogP contribution is 2.30. The lowest BCUT2D eigenvalue weighted by molar-refractivity contribution is -0.120. The number of hydrogen-bond acceptors (Lipinski definition) is 5. The van der Waals surface area contributed by atoms with Crippen LogP contribution in [0.15, 0.2) is 28.3 Å². The fourth-order valence-electron chi connectivity index (χ4n) is 3.19.